The van der Waals surface area contributed by atoms with Gasteiger partial charge in [0.25, 0.3) is 11.1 Å². The van der Waals surface area contributed by atoms with Gasteiger partial charge in [-0.05, 0) is 6.92 Å². The lowest BCUT2D eigenvalue weighted by Gasteiger charge is -2.26. The van der Waals surface area contributed by atoms with Crippen molar-refractivity contribution < 1.29 is 60.0 Å². The van der Waals surface area contributed by atoms with Crippen molar-refractivity contribution in [1.82, 2.24) is 48.6 Å². The number of imidazole rings is 2. The zero-order valence-electron chi connectivity index (χ0n) is 38.0. The second kappa shape index (κ2) is 23.1. The summed E-state index contributed by atoms with van der Waals surface area (Å²) in [6, 6.07) is 0. The lowest BCUT2D eigenvalue weighted by Crippen LogP contribution is -2.33. The molecule has 3 aliphatic rings. The fraction of sp³-hybridized carbons (Fsp3) is 0.588. The van der Waals surface area contributed by atoms with E-state index in [0.29, 0.717) is 17.0 Å². The van der Waals surface area contributed by atoms with Gasteiger partial charge in [-0.15, -0.1) is 0 Å². The molecule has 28 nitrogen and oxygen atoms in total. The lowest BCUT2D eigenvalue weighted by atomic mass is 10.2. The Kier molecular flexibility index (Phi) is 17.9. The van der Waals surface area contributed by atoms with Crippen LogP contribution in [0.2, 0.25) is 0 Å². The zero-order chi connectivity index (χ0) is 50.1. The van der Waals surface area contributed by atoms with Crippen LogP contribution in [0, 0.1) is 6.92 Å². The number of nitrogens with one attached hydrogen (secondary N) is 4. The van der Waals surface area contributed by atoms with Gasteiger partial charge in [0.2, 0.25) is 5.95 Å². The van der Waals surface area contributed by atoms with Crippen LogP contribution in [0.5, 0.6) is 0 Å². The van der Waals surface area contributed by atoms with Gasteiger partial charge in [0.15, 0.2) is 28.1 Å². The molecule has 4 N–H and O–H groups in total. The van der Waals surface area contributed by atoms with Gasteiger partial charge in [-0.1, -0.05) is 35.7 Å². The Bertz CT molecular complexity index is 2930. The van der Waals surface area contributed by atoms with Crippen LogP contribution in [0.4, 0.5) is 11.8 Å². The number of methoxy groups -OCH3 is 2. The molecule has 3 saturated heterocycles. The summed E-state index contributed by atoms with van der Waals surface area (Å²) < 4.78 is 98.0. The van der Waals surface area contributed by atoms with Gasteiger partial charge in [0.05, 0.1) is 38.6 Å². The maximum Gasteiger partial charge on any atom is 0.474 e. The number of nitrogens with zero attached hydrogens (tertiary/aromatic N) is 8. The van der Waals surface area contributed by atoms with Gasteiger partial charge in [-0.25, -0.2) is 33.9 Å². The van der Waals surface area contributed by atoms with Crippen molar-refractivity contribution >= 4 is 100 Å². The molecule has 8 rings (SSSR count). The normalized spacial score (nSPS) is 26.7. The van der Waals surface area contributed by atoms with E-state index in [1.54, 1.807) is 9.13 Å². The number of H-pyrrole nitrogens is 2. The number of anilines is 2. The van der Waals surface area contributed by atoms with Crippen molar-refractivity contribution in [3.05, 3.63) is 61.9 Å². The molecular weight excluding hydrogens is 1080 g/mol. The average Bonchev–Trinajstić information content (AvgIpc) is 4.17. The van der Waals surface area contributed by atoms with Crippen molar-refractivity contribution in [2.45, 2.75) is 81.5 Å². The molecule has 3 fully saturated rings. The molecule has 0 bridgehead atoms. The van der Waals surface area contributed by atoms with Crippen LogP contribution in [-0.2, 0) is 60.0 Å². The Morgan fingerprint density at radius 2 is 1.24 bits per heavy atom. The molecule has 5 aromatic rings. The Labute approximate surface area is 409 Å². The van der Waals surface area contributed by atoms with Gasteiger partial charge in [-0.2, -0.15) is 4.98 Å². The molecule has 70 heavy (non-hydrogen) atoms. The molecule has 8 heterocycles. The zero-order valence-corrected chi connectivity index (χ0v) is 46.2. The monoisotopic (exact) mass is 1130 g/mol. The molecule has 0 spiro atoms. The number of aromatic nitrogens is 10. The minimum absolute atomic E-state index is 0.00279. The third-order valence-corrected chi connectivity index (χ3v) is 16.7. The molecule has 15 atom stereocenters. The Balaban J connectivity index is 1.00. The smallest absolute Gasteiger partial charge is 0.382 e. The largest absolute Gasteiger partial charge is 0.474 e. The summed E-state index contributed by atoms with van der Waals surface area (Å²) in [6.45, 7) is 0.657. The number of phosphoric ester groups is 2. The number of rotatable bonds is 22. The van der Waals surface area contributed by atoms with E-state index in [1.165, 1.54) is 50.9 Å². The number of fused-ring (bicyclic) bond motifs is 2. The number of aryl methyl sites for hydroxylation is 1. The molecule has 0 aromatic carbocycles. The number of ether oxygens (including phenoxy) is 5. The Morgan fingerprint density at radius 3 is 1.81 bits per heavy atom. The van der Waals surface area contributed by atoms with Gasteiger partial charge >= 0.3 is 21.3 Å². The van der Waals surface area contributed by atoms with Gasteiger partial charge in [-0.3, -0.25) is 60.4 Å². The first-order chi connectivity index (χ1) is 33.4. The minimum Gasteiger partial charge on any atom is -0.382 e. The van der Waals surface area contributed by atoms with Crippen molar-refractivity contribution in [3.8, 4) is 0 Å². The van der Waals surface area contributed by atoms with E-state index < -0.39 is 109 Å². The summed E-state index contributed by atoms with van der Waals surface area (Å²) in [5, 5.41) is 6.32. The van der Waals surface area contributed by atoms with Crippen LogP contribution in [0.1, 0.15) is 43.5 Å². The molecule has 9 unspecified atom stereocenters. The summed E-state index contributed by atoms with van der Waals surface area (Å²) in [4.78, 5) is 64.7. The average molecular weight is 1130 g/mol. The molecule has 36 heteroatoms. The SMILES string of the molecule is COC[C@H]1O[C@@H](n2cc(C)c(=O)[nH]c2=O)CC1OP(=O)(OC)OC[C@H]1O[C@@H](n2cnc3c(NP(P)P)ncnc32)CC1OP(=O)(OC)OC[C@H]1O[C@@H](n2cnc3c(=O)[nH]c(NP(P)P)nc32)CC1OC. The highest BCUT2D eigenvalue weighted by Gasteiger charge is 2.48. The van der Waals surface area contributed by atoms with Crippen molar-refractivity contribution in [3.63, 3.8) is 0 Å². The second-order valence-electron chi connectivity index (χ2n) is 15.8. The quantitative estimate of drug-likeness (QED) is 0.0696. The van der Waals surface area contributed by atoms with Crippen molar-refractivity contribution in [2.75, 3.05) is 58.4 Å². The first kappa shape index (κ1) is 54.1. The first-order valence-electron chi connectivity index (χ1n) is 21.0. The van der Waals surface area contributed by atoms with Crippen LogP contribution >= 0.6 is 66.3 Å². The summed E-state index contributed by atoms with van der Waals surface area (Å²) in [5.41, 5.74) is -0.202. The van der Waals surface area contributed by atoms with Crippen molar-refractivity contribution in [1.29, 1.82) is 0 Å². The topological polar surface area (TPSA) is 322 Å². The summed E-state index contributed by atoms with van der Waals surface area (Å²) >= 11 is 0. The first-order valence-corrected chi connectivity index (χ1v) is 33.1. The van der Waals surface area contributed by atoms with E-state index in [4.69, 9.17) is 50.8 Å². The Morgan fingerprint density at radius 1 is 0.700 bits per heavy atom. The molecule has 3 aliphatic heterocycles. The Hall–Kier alpha value is -2.22. The van der Waals surface area contributed by atoms with Crippen molar-refractivity contribution in [2.24, 2.45) is 0 Å². The van der Waals surface area contributed by atoms with Crippen LogP contribution in [0.3, 0.4) is 0 Å². The van der Waals surface area contributed by atoms with Gasteiger partial charge < -0.3 is 33.9 Å². The number of aromatic amines is 2. The van der Waals surface area contributed by atoms with Crippen LogP contribution in [0.15, 0.2) is 39.6 Å². The number of hydrogen-bond acceptors (Lipinski definition) is 23. The highest BCUT2D eigenvalue weighted by atomic mass is 32.4. The number of phosphoric acid groups is 2. The molecule has 0 saturated carbocycles. The van der Waals surface area contributed by atoms with Crippen LogP contribution in [-0.4, -0.2) is 133 Å². The molecule has 0 radical (unpaired) electrons. The van der Waals surface area contributed by atoms with E-state index in [2.05, 4.69) is 80.8 Å². The summed E-state index contributed by atoms with van der Waals surface area (Å²) in [5.74, 6) is 0.733. The predicted molar refractivity (Wildman–Crippen MR) is 269 cm³/mol. The standard InChI is InChI=1S/C34H52N12O16P8/c1-16-9-44(34(49)41-31(16)47)23-7-18(20(58-23)10-52-2)61-70(51,55-5)57-12-22-19(8-25(60-22)45-14-37-26-28(42-67(63)64)35-13-36-29(26)45)62-69(50,54-4)56-11-21-17(53-3)6-24(59-21)46-15-38-27-30(46)39-33(40-32(27)48)43-68(65)66/h9,13-15,17-25H,6-8,10-12,63-66H2,1-5H3,(H,35,36,42)(H,41,47,49)(H2,39,40,43,48)/t17?,18?,19?,20-,21-,22-,23-,24-,25-,69?,70?/m1/s1. The fourth-order valence-electron chi connectivity index (χ4n) is 7.99. The van der Waals surface area contributed by atoms with Crippen LogP contribution in [0.25, 0.3) is 22.3 Å². The fourth-order valence-corrected chi connectivity index (χ4v) is 12.5. The second-order valence-corrected chi connectivity index (χ2v) is 31.6. The van der Waals surface area contributed by atoms with E-state index in [0.717, 1.165) is 14.2 Å². The van der Waals surface area contributed by atoms with E-state index in [-0.39, 0.29) is 55.2 Å². The maximum atomic E-state index is 14.5. The van der Waals surface area contributed by atoms with Crippen LogP contribution < -0.4 is 27.0 Å². The molecule has 0 aliphatic carbocycles. The number of hydrogen-bond donors (Lipinski definition) is 4. The predicted octanol–water partition coefficient (Wildman–Crippen LogP) is 4.43. The third-order valence-electron chi connectivity index (χ3n) is 11.3. The van der Waals surface area contributed by atoms with Gasteiger partial charge in [0, 0.05) is 74.4 Å². The van der Waals surface area contributed by atoms with E-state index >= 15 is 0 Å². The lowest BCUT2D eigenvalue weighted by molar-refractivity contribution is -0.0664. The minimum atomic E-state index is -4.49. The third kappa shape index (κ3) is 12.1. The maximum absolute atomic E-state index is 14.5. The summed E-state index contributed by atoms with van der Waals surface area (Å²) in [6.07, 6.45) is -2.10. The van der Waals surface area contributed by atoms with E-state index in [1.807, 2.05) is 0 Å². The van der Waals surface area contributed by atoms with Gasteiger partial charge in [0.1, 0.15) is 55.5 Å². The van der Waals surface area contributed by atoms with E-state index in [9.17, 15) is 23.5 Å². The molecule has 5 aromatic heterocycles. The highest BCUT2D eigenvalue weighted by molar-refractivity contribution is 8.44. The summed E-state index contributed by atoms with van der Waals surface area (Å²) in [7, 11) is 5.12. The molecular formula is C34H52N12O16P8. The molecule has 0 amide bonds. The highest BCUT2D eigenvalue weighted by Crippen LogP contribution is 2.56. The molecule has 384 valence electrons.